The van der Waals surface area contributed by atoms with Gasteiger partial charge in [0.2, 0.25) is 0 Å². The summed E-state index contributed by atoms with van der Waals surface area (Å²) in [7, 11) is 1.54. The molecule has 3 heterocycles. The molecule has 2 aliphatic heterocycles. The summed E-state index contributed by atoms with van der Waals surface area (Å²) in [4.78, 5) is 33.8. The number of hydrogen-bond acceptors (Lipinski definition) is 7. The number of aromatic nitrogens is 1. The molecular formula is C30H33N5O4S. The van der Waals surface area contributed by atoms with Crippen molar-refractivity contribution in [3.8, 4) is 11.4 Å². The fourth-order valence-corrected chi connectivity index (χ4v) is 6.34. The van der Waals surface area contributed by atoms with Gasteiger partial charge < -0.3 is 14.2 Å². The number of likely N-dealkylation sites (N-methyl/N-ethyl adjacent to an activating group) is 1. The third-order valence-electron chi connectivity index (χ3n) is 7.37. The summed E-state index contributed by atoms with van der Waals surface area (Å²) in [6, 6.07) is 14.7. The number of aliphatic imine (C=N–C) groups is 1. The normalized spacial score (nSPS) is 17.8. The molecule has 10 heteroatoms. The summed E-state index contributed by atoms with van der Waals surface area (Å²) in [6.45, 7) is 8.48. The van der Waals surface area contributed by atoms with Crippen LogP contribution in [0.2, 0.25) is 0 Å². The topological polar surface area (TPSA) is 93.2 Å². The van der Waals surface area contributed by atoms with Gasteiger partial charge in [0.05, 0.1) is 28.3 Å². The molecule has 0 radical (unpaired) electrons. The fraction of sp³-hybridized carbons (Fsp3) is 0.333. The SMILES string of the molecule is CCN1C(=O)/C(=C/c2cc(C)n(-c3cc([N+](=O)[O-])ccc3OC)c2C)SC1=Nc1ccc(N2CCCCC2)cc1. The van der Waals surface area contributed by atoms with Crippen molar-refractivity contribution >= 4 is 46.0 Å². The maximum atomic E-state index is 13.3. The third kappa shape index (κ3) is 5.36. The van der Waals surface area contributed by atoms with Crippen molar-refractivity contribution in [3.05, 3.63) is 80.5 Å². The highest BCUT2D eigenvalue weighted by Gasteiger charge is 2.32. The van der Waals surface area contributed by atoms with E-state index in [0.29, 0.717) is 28.1 Å². The van der Waals surface area contributed by atoms with Crippen LogP contribution in [0.1, 0.15) is 43.1 Å². The molecule has 2 fully saturated rings. The van der Waals surface area contributed by atoms with Crippen molar-refractivity contribution in [2.75, 3.05) is 31.6 Å². The average Bonchev–Trinajstić information content (AvgIpc) is 3.41. The van der Waals surface area contributed by atoms with Crippen LogP contribution >= 0.6 is 11.8 Å². The first kappa shape index (κ1) is 27.5. The van der Waals surface area contributed by atoms with E-state index in [0.717, 1.165) is 35.7 Å². The molecule has 5 rings (SSSR count). The van der Waals surface area contributed by atoms with Crippen LogP contribution in [-0.4, -0.2) is 52.2 Å². The highest BCUT2D eigenvalue weighted by Crippen LogP contribution is 2.37. The first-order chi connectivity index (χ1) is 19.3. The molecule has 3 aromatic rings. The van der Waals surface area contributed by atoms with Crippen LogP contribution in [-0.2, 0) is 4.79 Å². The van der Waals surface area contributed by atoms with Crippen molar-refractivity contribution in [1.82, 2.24) is 9.47 Å². The Balaban J connectivity index is 1.44. The van der Waals surface area contributed by atoms with E-state index in [1.54, 1.807) is 11.0 Å². The molecule has 0 spiro atoms. The van der Waals surface area contributed by atoms with Gasteiger partial charge in [-0.2, -0.15) is 0 Å². The number of piperidine rings is 1. The molecule has 0 aliphatic carbocycles. The van der Waals surface area contributed by atoms with E-state index in [-0.39, 0.29) is 11.6 Å². The van der Waals surface area contributed by atoms with Gasteiger partial charge in [-0.3, -0.25) is 19.8 Å². The Kier molecular flexibility index (Phi) is 7.97. The van der Waals surface area contributed by atoms with Gasteiger partial charge in [-0.1, -0.05) is 0 Å². The molecule has 1 aromatic heterocycles. The van der Waals surface area contributed by atoms with Crippen LogP contribution in [0.5, 0.6) is 5.75 Å². The lowest BCUT2D eigenvalue weighted by Gasteiger charge is -2.28. The Hall–Kier alpha value is -4.05. The van der Waals surface area contributed by atoms with E-state index in [1.807, 2.05) is 49.6 Å². The zero-order chi connectivity index (χ0) is 28.4. The maximum absolute atomic E-state index is 13.3. The number of aryl methyl sites for hydroxylation is 1. The number of amides is 1. The van der Waals surface area contributed by atoms with Crippen molar-refractivity contribution < 1.29 is 14.5 Å². The highest BCUT2D eigenvalue weighted by molar-refractivity contribution is 8.18. The van der Waals surface area contributed by atoms with Crippen LogP contribution < -0.4 is 9.64 Å². The van der Waals surface area contributed by atoms with E-state index >= 15 is 0 Å². The monoisotopic (exact) mass is 559 g/mol. The number of nitro groups is 1. The minimum Gasteiger partial charge on any atom is -0.495 e. The van der Waals surface area contributed by atoms with Gasteiger partial charge in [-0.25, -0.2) is 4.99 Å². The fourth-order valence-electron chi connectivity index (χ4n) is 5.28. The lowest BCUT2D eigenvalue weighted by atomic mass is 10.1. The lowest BCUT2D eigenvalue weighted by Crippen LogP contribution is -2.29. The number of hydrogen-bond donors (Lipinski definition) is 0. The second kappa shape index (κ2) is 11.6. The number of nitrogens with zero attached hydrogens (tertiary/aromatic N) is 5. The minimum atomic E-state index is -0.421. The first-order valence-corrected chi connectivity index (χ1v) is 14.3. The van der Waals surface area contributed by atoms with Gasteiger partial charge in [0.25, 0.3) is 11.6 Å². The van der Waals surface area contributed by atoms with Crippen molar-refractivity contribution in [1.29, 1.82) is 0 Å². The van der Waals surface area contributed by atoms with Crippen molar-refractivity contribution in [2.45, 2.75) is 40.0 Å². The van der Waals surface area contributed by atoms with Crippen LogP contribution in [0, 0.1) is 24.0 Å². The van der Waals surface area contributed by atoms with Crippen LogP contribution in [0.3, 0.4) is 0 Å². The molecular weight excluding hydrogens is 526 g/mol. The summed E-state index contributed by atoms with van der Waals surface area (Å²) in [5.41, 5.74) is 5.15. The molecule has 0 unspecified atom stereocenters. The maximum Gasteiger partial charge on any atom is 0.271 e. The number of carbonyl (C=O) groups is 1. The number of anilines is 1. The molecule has 208 valence electrons. The molecule has 0 atom stereocenters. The summed E-state index contributed by atoms with van der Waals surface area (Å²) >= 11 is 1.36. The van der Waals surface area contributed by atoms with Gasteiger partial charge in [0.15, 0.2) is 5.17 Å². The van der Waals surface area contributed by atoms with Gasteiger partial charge in [-0.05, 0) is 99.8 Å². The number of methoxy groups -OCH3 is 1. The second-order valence-corrected chi connectivity index (χ2v) is 10.9. The number of carbonyl (C=O) groups excluding carboxylic acids is 1. The Bertz CT molecular complexity index is 1500. The standard InChI is InChI=1S/C30H33N5O4S/c1-5-33-29(36)28(40-30(33)31-23-9-11-24(12-10-23)32-15-7-6-8-16-32)18-22-17-20(2)34(21(22)3)26-19-25(35(37)38)13-14-27(26)39-4/h9-14,17-19H,5-8,15-16H2,1-4H3/b28-18-,31-30?. The van der Waals surface area contributed by atoms with Crippen molar-refractivity contribution in [2.24, 2.45) is 4.99 Å². The first-order valence-electron chi connectivity index (χ1n) is 13.5. The molecule has 0 N–H and O–H groups in total. The quantitative estimate of drug-likeness (QED) is 0.183. The number of nitro benzene ring substituents is 1. The average molecular weight is 560 g/mol. The third-order valence-corrected chi connectivity index (χ3v) is 8.38. The number of amidine groups is 1. The van der Waals surface area contributed by atoms with Crippen LogP contribution in [0.15, 0.2) is 58.4 Å². The number of rotatable bonds is 7. The highest BCUT2D eigenvalue weighted by atomic mass is 32.2. The predicted molar refractivity (Wildman–Crippen MR) is 161 cm³/mol. The van der Waals surface area contributed by atoms with Gasteiger partial charge in [-0.15, -0.1) is 0 Å². The number of thioether (sulfide) groups is 1. The van der Waals surface area contributed by atoms with Crippen LogP contribution in [0.25, 0.3) is 11.8 Å². The predicted octanol–water partition coefficient (Wildman–Crippen LogP) is 6.63. The molecule has 9 nitrogen and oxygen atoms in total. The summed E-state index contributed by atoms with van der Waals surface area (Å²) in [5.74, 6) is 0.435. The largest absolute Gasteiger partial charge is 0.495 e. The Morgan fingerprint density at radius 1 is 1.07 bits per heavy atom. The molecule has 2 aromatic carbocycles. The summed E-state index contributed by atoms with van der Waals surface area (Å²) in [6.07, 6.45) is 5.62. The lowest BCUT2D eigenvalue weighted by molar-refractivity contribution is -0.384. The zero-order valence-electron chi connectivity index (χ0n) is 23.2. The Morgan fingerprint density at radius 2 is 1.80 bits per heavy atom. The molecule has 0 saturated carbocycles. The minimum absolute atomic E-state index is 0.0202. The van der Waals surface area contributed by atoms with E-state index in [4.69, 9.17) is 9.73 Å². The van der Waals surface area contributed by atoms with Gasteiger partial charge >= 0.3 is 0 Å². The van der Waals surface area contributed by atoms with Crippen LogP contribution in [0.4, 0.5) is 17.1 Å². The molecule has 0 bridgehead atoms. The van der Waals surface area contributed by atoms with Gasteiger partial charge in [0.1, 0.15) is 5.75 Å². The van der Waals surface area contributed by atoms with E-state index in [2.05, 4.69) is 17.0 Å². The number of benzene rings is 2. The summed E-state index contributed by atoms with van der Waals surface area (Å²) in [5, 5.41) is 12.1. The molecule has 40 heavy (non-hydrogen) atoms. The van der Waals surface area contributed by atoms with E-state index in [9.17, 15) is 14.9 Å². The summed E-state index contributed by atoms with van der Waals surface area (Å²) < 4.78 is 7.42. The molecule has 1 amide bonds. The van der Waals surface area contributed by atoms with Gasteiger partial charge in [0, 0.05) is 48.8 Å². The van der Waals surface area contributed by atoms with E-state index in [1.165, 1.54) is 56.0 Å². The zero-order valence-corrected chi connectivity index (χ0v) is 24.0. The Morgan fingerprint density at radius 3 is 2.45 bits per heavy atom. The number of non-ortho nitro benzene ring substituents is 1. The van der Waals surface area contributed by atoms with Crippen molar-refractivity contribution in [3.63, 3.8) is 0 Å². The Labute approximate surface area is 238 Å². The molecule has 2 aliphatic rings. The molecule has 2 saturated heterocycles. The smallest absolute Gasteiger partial charge is 0.271 e. The van der Waals surface area contributed by atoms with E-state index < -0.39 is 4.92 Å². The number of ether oxygens (including phenoxy) is 1. The second-order valence-electron chi connectivity index (χ2n) is 9.89.